The van der Waals surface area contributed by atoms with E-state index >= 15 is 0 Å². The van der Waals surface area contributed by atoms with Gasteiger partial charge >= 0.3 is 0 Å². The minimum atomic E-state index is -0.513. The van der Waals surface area contributed by atoms with Gasteiger partial charge in [-0.25, -0.2) is 10.3 Å². The molecule has 2 saturated heterocycles. The molecule has 1 aromatic carbocycles. The SMILES string of the molecule is C[C@@H]1CCCN(c2ccc(C(=O)NO[C@H]3CCCCO3)cc2[N+](=O)[O-])C1. The first-order chi connectivity index (χ1) is 12.5. The molecule has 2 atom stereocenters. The molecule has 1 aromatic rings. The van der Waals surface area contributed by atoms with Gasteiger partial charge in [-0.2, -0.15) is 0 Å². The molecule has 0 unspecified atom stereocenters. The van der Waals surface area contributed by atoms with Crippen LogP contribution in [-0.2, 0) is 9.57 Å². The standard InChI is InChI=1S/C18H25N3O5/c1-13-5-4-9-20(12-13)15-8-7-14(11-16(15)21(23)24)18(22)19-26-17-6-2-3-10-25-17/h7-8,11,13,17H,2-6,9-10,12H2,1H3,(H,19,22)/t13-,17+/m1/s1. The van der Waals surface area contributed by atoms with Crippen LogP contribution in [0, 0.1) is 16.0 Å². The van der Waals surface area contributed by atoms with Crippen LogP contribution in [0.25, 0.3) is 0 Å². The van der Waals surface area contributed by atoms with Crippen molar-refractivity contribution >= 4 is 17.3 Å². The highest BCUT2D eigenvalue weighted by Crippen LogP contribution is 2.32. The van der Waals surface area contributed by atoms with E-state index in [0.29, 0.717) is 24.6 Å². The van der Waals surface area contributed by atoms with E-state index in [0.717, 1.165) is 38.8 Å². The number of nitrogens with one attached hydrogen (secondary N) is 1. The lowest BCUT2D eigenvalue weighted by Crippen LogP contribution is -2.35. The van der Waals surface area contributed by atoms with Crippen molar-refractivity contribution in [3.63, 3.8) is 0 Å². The van der Waals surface area contributed by atoms with Crippen molar-refractivity contribution in [1.82, 2.24) is 5.48 Å². The van der Waals surface area contributed by atoms with Gasteiger partial charge in [-0.15, -0.1) is 0 Å². The van der Waals surface area contributed by atoms with Crippen molar-refractivity contribution in [1.29, 1.82) is 0 Å². The number of rotatable bonds is 5. The molecule has 0 bridgehead atoms. The highest BCUT2D eigenvalue weighted by molar-refractivity contribution is 5.95. The second-order valence-electron chi connectivity index (χ2n) is 7.00. The second-order valence-corrected chi connectivity index (χ2v) is 7.00. The van der Waals surface area contributed by atoms with E-state index in [2.05, 4.69) is 12.4 Å². The number of amides is 1. The van der Waals surface area contributed by atoms with E-state index in [1.807, 2.05) is 4.90 Å². The van der Waals surface area contributed by atoms with E-state index in [4.69, 9.17) is 9.57 Å². The van der Waals surface area contributed by atoms with Crippen LogP contribution in [0.15, 0.2) is 18.2 Å². The normalized spacial score (nSPS) is 23.5. The highest BCUT2D eigenvalue weighted by Gasteiger charge is 2.25. The van der Waals surface area contributed by atoms with Crippen molar-refractivity contribution in [2.24, 2.45) is 5.92 Å². The van der Waals surface area contributed by atoms with Crippen molar-refractivity contribution in [2.75, 3.05) is 24.6 Å². The van der Waals surface area contributed by atoms with Gasteiger partial charge in [0, 0.05) is 37.7 Å². The number of nitrogens with zero attached hydrogens (tertiary/aromatic N) is 2. The van der Waals surface area contributed by atoms with Crippen LogP contribution >= 0.6 is 0 Å². The molecule has 142 valence electrons. The maximum absolute atomic E-state index is 12.3. The molecule has 2 heterocycles. The van der Waals surface area contributed by atoms with Gasteiger partial charge in [-0.3, -0.25) is 14.9 Å². The zero-order valence-corrected chi connectivity index (χ0v) is 15.0. The fourth-order valence-electron chi connectivity index (χ4n) is 3.47. The quantitative estimate of drug-likeness (QED) is 0.638. The maximum atomic E-state index is 12.3. The third-order valence-corrected chi connectivity index (χ3v) is 4.85. The summed E-state index contributed by atoms with van der Waals surface area (Å²) in [6.45, 7) is 4.33. The summed E-state index contributed by atoms with van der Waals surface area (Å²) in [5, 5.41) is 11.5. The van der Waals surface area contributed by atoms with Crippen LogP contribution in [-0.4, -0.2) is 36.8 Å². The molecule has 8 heteroatoms. The lowest BCUT2D eigenvalue weighted by Gasteiger charge is -2.32. The summed E-state index contributed by atoms with van der Waals surface area (Å²) < 4.78 is 5.38. The Bertz CT molecular complexity index is 660. The summed E-state index contributed by atoms with van der Waals surface area (Å²) in [6, 6.07) is 4.57. The lowest BCUT2D eigenvalue weighted by atomic mass is 9.99. The summed E-state index contributed by atoms with van der Waals surface area (Å²) in [6.07, 6.45) is 4.36. The van der Waals surface area contributed by atoms with Gasteiger partial charge in [0.2, 0.25) is 0 Å². The summed E-state index contributed by atoms with van der Waals surface area (Å²) in [5.74, 6) is -0.0175. The number of hydrogen-bond donors (Lipinski definition) is 1. The number of nitro groups is 1. The van der Waals surface area contributed by atoms with E-state index in [1.54, 1.807) is 12.1 Å². The Morgan fingerprint density at radius 2 is 2.19 bits per heavy atom. The molecule has 0 spiro atoms. The first-order valence-corrected chi connectivity index (χ1v) is 9.15. The highest BCUT2D eigenvalue weighted by atomic mass is 16.8. The van der Waals surface area contributed by atoms with Gasteiger partial charge in [0.05, 0.1) is 4.92 Å². The second kappa shape index (κ2) is 8.46. The summed E-state index contributed by atoms with van der Waals surface area (Å²) in [5.41, 5.74) is 3.05. The van der Waals surface area contributed by atoms with Crippen LogP contribution in [0.2, 0.25) is 0 Å². The Morgan fingerprint density at radius 1 is 1.35 bits per heavy atom. The van der Waals surface area contributed by atoms with Crippen LogP contribution in [0.3, 0.4) is 0 Å². The fourth-order valence-corrected chi connectivity index (χ4v) is 3.47. The average molecular weight is 363 g/mol. The molecule has 0 radical (unpaired) electrons. The Morgan fingerprint density at radius 3 is 2.88 bits per heavy atom. The summed E-state index contributed by atoms with van der Waals surface area (Å²) in [4.78, 5) is 30.6. The minimum absolute atomic E-state index is 0.0549. The summed E-state index contributed by atoms with van der Waals surface area (Å²) >= 11 is 0. The molecule has 0 saturated carbocycles. The lowest BCUT2D eigenvalue weighted by molar-refractivity contribution is -0.384. The largest absolute Gasteiger partial charge is 0.366 e. The van der Waals surface area contributed by atoms with Gasteiger partial charge in [-0.1, -0.05) is 6.92 Å². The smallest absolute Gasteiger partial charge is 0.293 e. The van der Waals surface area contributed by atoms with Gasteiger partial charge in [0.15, 0.2) is 6.29 Å². The van der Waals surface area contributed by atoms with Crippen molar-refractivity contribution in [3.8, 4) is 0 Å². The van der Waals surface area contributed by atoms with Crippen LogP contribution in [0.1, 0.15) is 49.4 Å². The molecule has 0 aliphatic carbocycles. The van der Waals surface area contributed by atoms with Crippen molar-refractivity contribution in [2.45, 2.75) is 45.3 Å². The first kappa shape index (κ1) is 18.6. The molecule has 1 N–H and O–H groups in total. The monoisotopic (exact) mass is 363 g/mol. The number of benzene rings is 1. The van der Waals surface area contributed by atoms with E-state index in [9.17, 15) is 14.9 Å². The van der Waals surface area contributed by atoms with E-state index in [1.165, 1.54) is 6.07 Å². The molecule has 0 aromatic heterocycles. The Balaban J connectivity index is 1.70. The summed E-state index contributed by atoms with van der Waals surface area (Å²) in [7, 11) is 0. The van der Waals surface area contributed by atoms with E-state index < -0.39 is 17.1 Å². The number of nitro benzene ring substituents is 1. The molecular weight excluding hydrogens is 338 g/mol. The third kappa shape index (κ3) is 4.50. The van der Waals surface area contributed by atoms with Gasteiger partial charge in [-0.05, 0) is 43.7 Å². The predicted molar refractivity (Wildman–Crippen MR) is 95.8 cm³/mol. The number of hydrogen-bond acceptors (Lipinski definition) is 6. The van der Waals surface area contributed by atoms with E-state index in [-0.39, 0.29) is 11.3 Å². The molecular formula is C18H25N3O5. The average Bonchev–Trinajstić information content (AvgIpc) is 2.66. The van der Waals surface area contributed by atoms with Gasteiger partial charge in [0.1, 0.15) is 5.69 Å². The number of ether oxygens (including phenoxy) is 1. The number of carbonyl (C=O) groups is 1. The van der Waals surface area contributed by atoms with Gasteiger partial charge < -0.3 is 9.64 Å². The molecule has 26 heavy (non-hydrogen) atoms. The van der Waals surface area contributed by atoms with Crippen molar-refractivity contribution in [3.05, 3.63) is 33.9 Å². The Labute approximate surface area is 152 Å². The number of piperidine rings is 1. The molecule has 1 amide bonds. The molecule has 8 nitrogen and oxygen atoms in total. The molecule has 2 fully saturated rings. The number of anilines is 1. The van der Waals surface area contributed by atoms with Crippen LogP contribution in [0.5, 0.6) is 0 Å². The van der Waals surface area contributed by atoms with Crippen molar-refractivity contribution < 1.29 is 19.3 Å². The Hall–Kier alpha value is -2.19. The topological polar surface area (TPSA) is 93.9 Å². The first-order valence-electron chi connectivity index (χ1n) is 9.15. The molecule has 2 aliphatic rings. The minimum Gasteiger partial charge on any atom is -0.366 e. The molecule has 3 rings (SSSR count). The number of carbonyl (C=O) groups excluding carboxylic acids is 1. The van der Waals surface area contributed by atoms with Crippen LogP contribution in [0.4, 0.5) is 11.4 Å². The number of hydroxylamine groups is 1. The maximum Gasteiger partial charge on any atom is 0.293 e. The Kier molecular flexibility index (Phi) is 6.05. The van der Waals surface area contributed by atoms with Gasteiger partial charge in [0.25, 0.3) is 11.6 Å². The fraction of sp³-hybridized carbons (Fsp3) is 0.611. The third-order valence-electron chi connectivity index (χ3n) is 4.85. The zero-order valence-electron chi connectivity index (χ0n) is 15.0. The van der Waals surface area contributed by atoms with Crippen LogP contribution < -0.4 is 10.4 Å². The zero-order chi connectivity index (χ0) is 18.5. The predicted octanol–water partition coefficient (Wildman–Crippen LogP) is 3.02. The molecule has 2 aliphatic heterocycles.